The molecule has 8 heteroatoms. The average molecular weight is 473 g/mol. The van der Waals surface area contributed by atoms with E-state index < -0.39 is 17.9 Å². The second kappa shape index (κ2) is 11.9. The van der Waals surface area contributed by atoms with Crippen LogP contribution in [-0.2, 0) is 14.3 Å². The van der Waals surface area contributed by atoms with Crippen LogP contribution >= 0.6 is 0 Å². The van der Waals surface area contributed by atoms with Gasteiger partial charge in [-0.25, -0.2) is 9.59 Å². The minimum Gasteiger partial charge on any atom is -0.462 e. The molecule has 3 aromatic carbocycles. The Hall–Kier alpha value is -4.72. The average Bonchev–Trinajstić information content (AvgIpc) is 2.84. The Balaban J connectivity index is 1.57. The Labute approximate surface area is 202 Å². The molecule has 0 aliphatic heterocycles. The number of anilines is 1. The lowest BCUT2D eigenvalue weighted by atomic mass is 10.2. The molecular formula is C27H23NO7. The predicted octanol–water partition coefficient (Wildman–Crippen LogP) is 4.66. The number of benzene rings is 3. The summed E-state index contributed by atoms with van der Waals surface area (Å²) in [6.45, 7) is 3.26. The smallest absolute Gasteiger partial charge is 0.347 e. The van der Waals surface area contributed by atoms with Crippen LogP contribution in [0.25, 0.3) is 6.08 Å². The summed E-state index contributed by atoms with van der Waals surface area (Å²) >= 11 is 0. The lowest BCUT2D eigenvalue weighted by molar-refractivity contribution is -0.131. The Morgan fingerprint density at radius 3 is 2.17 bits per heavy atom. The van der Waals surface area contributed by atoms with Crippen LogP contribution < -0.4 is 14.8 Å². The molecule has 0 saturated heterocycles. The van der Waals surface area contributed by atoms with Gasteiger partial charge in [0.2, 0.25) is 5.91 Å². The summed E-state index contributed by atoms with van der Waals surface area (Å²) in [7, 11) is 0. The number of carbonyl (C=O) groups is 4. The van der Waals surface area contributed by atoms with Gasteiger partial charge in [-0.2, -0.15) is 0 Å². The lowest BCUT2D eigenvalue weighted by Crippen LogP contribution is -2.12. The molecule has 0 unspecified atom stereocenters. The van der Waals surface area contributed by atoms with Gasteiger partial charge >= 0.3 is 17.9 Å². The molecule has 3 rings (SSSR count). The Bertz CT molecular complexity index is 1250. The van der Waals surface area contributed by atoms with Gasteiger partial charge < -0.3 is 19.5 Å². The Morgan fingerprint density at radius 2 is 1.51 bits per heavy atom. The van der Waals surface area contributed by atoms with Crippen molar-refractivity contribution in [1.82, 2.24) is 0 Å². The summed E-state index contributed by atoms with van der Waals surface area (Å²) in [6.07, 6.45) is 2.96. The molecule has 0 radical (unpaired) electrons. The summed E-state index contributed by atoms with van der Waals surface area (Å²) in [5.74, 6) is -1.58. The molecule has 3 aromatic rings. The van der Waals surface area contributed by atoms with Crippen molar-refractivity contribution in [2.45, 2.75) is 13.8 Å². The molecule has 0 heterocycles. The molecule has 35 heavy (non-hydrogen) atoms. The number of ether oxygens (including phenoxy) is 3. The number of rotatable bonds is 8. The third kappa shape index (κ3) is 7.40. The van der Waals surface area contributed by atoms with Crippen molar-refractivity contribution in [3.8, 4) is 11.5 Å². The van der Waals surface area contributed by atoms with E-state index in [1.54, 1.807) is 73.7 Å². The van der Waals surface area contributed by atoms with E-state index >= 15 is 0 Å². The first-order chi connectivity index (χ1) is 16.9. The van der Waals surface area contributed by atoms with Crippen molar-refractivity contribution in [3.63, 3.8) is 0 Å². The van der Waals surface area contributed by atoms with Crippen molar-refractivity contribution in [2.75, 3.05) is 11.9 Å². The van der Waals surface area contributed by atoms with Gasteiger partial charge in [0.1, 0.15) is 17.1 Å². The highest BCUT2D eigenvalue weighted by molar-refractivity contribution is 6.02. The van der Waals surface area contributed by atoms with E-state index in [-0.39, 0.29) is 29.6 Å². The van der Waals surface area contributed by atoms with Crippen LogP contribution in [0.3, 0.4) is 0 Å². The zero-order valence-electron chi connectivity index (χ0n) is 19.1. The third-order valence-corrected chi connectivity index (χ3v) is 4.54. The van der Waals surface area contributed by atoms with Gasteiger partial charge in [0.05, 0.1) is 12.2 Å². The maximum Gasteiger partial charge on any atom is 0.347 e. The van der Waals surface area contributed by atoms with Gasteiger partial charge in [-0.1, -0.05) is 24.3 Å². The van der Waals surface area contributed by atoms with Crippen LogP contribution in [0.2, 0.25) is 0 Å². The standard InChI is InChI=1S/C27H23NO7/c1-3-33-26(31)20-11-13-21(14-12-20)28-25(30)17-10-19-8-15-22(16-9-19)35-27(32)23-6-4-5-7-24(23)34-18(2)29/h4-17H,3H2,1-2H3,(H,28,30)/b17-10+. The topological polar surface area (TPSA) is 108 Å². The zero-order chi connectivity index (χ0) is 25.2. The molecule has 0 bridgehead atoms. The van der Waals surface area contributed by atoms with E-state index in [9.17, 15) is 19.2 Å². The van der Waals surface area contributed by atoms with Crippen LogP contribution in [0.15, 0.2) is 78.9 Å². The van der Waals surface area contributed by atoms with E-state index in [0.717, 1.165) is 0 Å². The molecule has 0 atom stereocenters. The summed E-state index contributed by atoms with van der Waals surface area (Å²) in [5.41, 5.74) is 1.76. The van der Waals surface area contributed by atoms with Gasteiger partial charge in [0.25, 0.3) is 0 Å². The van der Waals surface area contributed by atoms with Crippen LogP contribution in [0.5, 0.6) is 11.5 Å². The molecule has 0 aromatic heterocycles. The van der Waals surface area contributed by atoms with E-state index in [1.807, 2.05) is 0 Å². The van der Waals surface area contributed by atoms with E-state index in [4.69, 9.17) is 14.2 Å². The molecule has 1 amide bonds. The first-order valence-electron chi connectivity index (χ1n) is 10.7. The molecule has 8 nitrogen and oxygen atoms in total. The minimum absolute atomic E-state index is 0.117. The highest BCUT2D eigenvalue weighted by Gasteiger charge is 2.15. The molecule has 178 valence electrons. The van der Waals surface area contributed by atoms with E-state index in [0.29, 0.717) is 16.8 Å². The fourth-order valence-electron chi connectivity index (χ4n) is 2.95. The fourth-order valence-corrected chi connectivity index (χ4v) is 2.95. The van der Waals surface area contributed by atoms with Crippen molar-refractivity contribution in [2.24, 2.45) is 0 Å². The first-order valence-corrected chi connectivity index (χ1v) is 10.7. The summed E-state index contributed by atoms with van der Waals surface area (Å²) in [4.78, 5) is 47.6. The Morgan fingerprint density at radius 1 is 0.829 bits per heavy atom. The SMILES string of the molecule is CCOC(=O)c1ccc(NC(=O)/C=C/c2ccc(OC(=O)c3ccccc3OC(C)=O)cc2)cc1. The molecule has 0 aliphatic carbocycles. The molecule has 0 aliphatic rings. The maximum absolute atomic E-state index is 12.5. The number of para-hydroxylation sites is 1. The highest BCUT2D eigenvalue weighted by Crippen LogP contribution is 2.21. The molecular weight excluding hydrogens is 450 g/mol. The first kappa shape index (κ1) is 24.9. The van der Waals surface area contributed by atoms with Crippen LogP contribution in [0.1, 0.15) is 40.1 Å². The van der Waals surface area contributed by atoms with Gasteiger partial charge in [-0.15, -0.1) is 0 Å². The van der Waals surface area contributed by atoms with Crippen molar-refractivity contribution in [3.05, 3.63) is 95.6 Å². The normalized spacial score (nSPS) is 10.5. The number of nitrogens with one attached hydrogen (secondary N) is 1. The van der Waals surface area contributed by atoms with Crippen molar-refractivity contribution in [1.29, 1.82) is 0 Å². The third-order valence-electron chi connectivity index (χ3n) is 4.54. The summed E-state index contributed by atoms with van der Waals surface area (Å²) < 4.78 is 15.3. The number of carbonyl (C=O) groups excluding carboxylic acids is 4. The van der Waals surface area contributed by atoms with Gasteiger partial charge in [-0.3, -0.25) is 9.59 Å². The van der Waals surface area contributed by atoms with Gasteiger partial charge in [0, 0.05) is 18.7 Å². The number of hydrogen-bond donors (Lipinski definition) is 1. The molecule has 0 spiro atoms. The second-order valence-corrected chi connectivity index (χ2v) is 7.17. The number of esters is 3. The summed E-state index contributed by atoms with van der Waals surface area (Å²) in [5, 5.41) is 2.70. The van der Waals surface area contributed by atoms with E-state index in [1.165, 1.54) is 25.1 Å². The lowest BCUT2D eigenvalue weighted by Gasteiger charge is -2.09. The van der Waals surface area contributed by atoms with Crippen LogP contribution in [0.4, 0.5) is 5.69 Å². The van der Waals surface area contributed by atoms with E-state index in [2.05, 4.69) is 5.32 Å². The second-order valence-electron chi connectivity index (χ2n) is 7.17. The van der Waals surface area contributed by atoms with Gasteiger partial charge in [0.15, 0.2) is 0 Å². The van der Waals surface area contributed by atoms with Gasteiger partial charge in [-0.05, 0) is 67.1 Å². The molecule has 0 fully saturated rings. The zero-order valence-corrected chi connectivity index (χ0v) is 19.1. The summed E-state index contributed by atoms with van der Waals surface area (Å²) in [6, 6.07) is 19.2. The predicted molar refractivity (Wildman–Crippen MR) is 129 cm³/mol. The Kier molecular flexibility index (Phi) is 8.50. The minimum atomic E-state index is -0.668. The highest BCUT2D eigenvalue weighted by atomic mass is 16.6. The van der Waals surface area contributed by atoms with Crippen LogP contribution in [0, 0.1) is 0 Å². The maximum atomic E-state index is 12.5. The quantitative estimate of drug-likeness (QED) is 0.288. The monoisotopic (exact) mass is 473 g/mol. The molecule has 0 saturated carbocycles. The van der Waals surface area contributed by atoms with Crippen LogP contribution in [-0.4, -0.2) is 30.4 Å². The fraction of sp³-hybridized carbons (Fsp3) is 0.111. The largest absolute Gasteiger partial charge is 0.462 e. The number of amides is 1. The van der Waals surface area contributed by atoms with Crippen molar-refractivity contribution >= 4 is 35.6 Å². The number of hydrogen-bond acceptors (Lipinski definition) is 7. The molecule has 1 N–H and O–H groups in total. The van der Waals surface area contributed by atoms with Crippen molar-refractivity contribution < 1.29 is 33.4 Å².